The third-order valence-electron chi connectivity index (χ3n) is 1.79. The summed E-state index contributed by atoms with van der Waals surface area (Å²) in [5, 5.41) is 0. The van der Waals surface area contributed by atoms with E-state index in [9.17, 15) is 13.2 Å². The Hall–Kier alpha value is -1.27. The van der Waals surface area contributed by atoms with E-state index in [0.717, 1.165) is 6.07 Å². The molecule has 1 aromatic carbocycles. The summed E-state index contributed by atoms with van der Waals surface area (Å²) in [6, 6.07) is 3.81. The summed E-state index contributed by atoms with van der Waals surface area (Å²) in [5.41, 5.74) is 5.09. The maximum Gasteiger partial charge on any atom is 0.265 e. The Labute approximate surface area is 97.6 Å². The Kier molecular flexibility index (Phi) is 3.77. The van der Waals surface area contributed by atoms with Gasteiger partial charge in [0.1, 0.15) is 10.6 Å². The first-order chi connectivity index (χ1) is 7.36. The normalized spacial score (nSPS) is 11.1. The molecule has 0 bridgehead atoms. The van der Waals surface area contributed by atoms with Gasteiger partial charge in [0, 0.05) is 16.2 Å². The van der Waals surface area contributed by atoms with Crippen molar-refractivity contribution in [3.8, 4) is 5.75 Å². The predicted molar refractivity (Wildman–Crippen MR) is 59.2 cm³/mol. The number of carbonyl (C=O) groups excluding carboxylic acids is 1. The fourth-order valence-corrected chi connectivity index (χ4v) is 2.12. The zero-order valence-electron chi connectivity index (χ0n) is 8.44. The third-order valence-corrected chi connectivity index (χ3v) is 3.13. The number of primary amides is 1. The smallest absolute Gasteiger partial charge is 0.265 e. The molecule has 0 aliphatic rings. The summed E-state index contributed by atoms with van der Waals surface area (Å²) in [6.45, 7) is 1.99. The van der Waals surface area contributed by atoms with Crippen LogP contribution in [0.4, 0.5) is 0 Å². The molecule has 0 aliphatic carbocycles. The summed E-state index contributed by atoms with van der Waals surface area (Å²) < 4.78 is 27.6. The van der Waals surface area contributed by atoms with E-state index in [1.165, 1.54) is 12.1 Å². The van der Waals surface area contributed by atoms with Gasteiger partial charge in [-0.15, -0.1) is 0 Å². The molecule has 0 fully saturated rings. The van der Waals surface area contributed by atoms with Crippen molar-refractivity contribution in [1.82, 2.24) is 0 Å². The molecule has 0 saturated carbocycles. The maximum atomic E-state index is 11.2. The average molecular weight is 264 g/mol. The molecule has 7 heteroatoms. The summed E-state index contributed by atoms with van der Waals surface area (Å²) >= 11 is 0. The number of halogens is 1. The van der Waals surface area contributed by atoms with Gasteiger partial charge in [-0.05, 0) is 25.1 Å². The number of benzene rings is 1. The van der Waals surface area contributed by atoms with Crippen molar-refractivity contribution in [3.05, 3.63) is 23.8 Å². The van der Waals surface area contributed by atoms with E-state index in [1.54, 1.807) is 6.92 Å². The van der Waals surface area contributed by atoms with Crippen molar-refractivity contribution in [1.29, 1.82) is 0 Å². The summed E-state index contributed by atoms with van der Waals surface area (Å²) in [5.74, 6) is -0.632. The second-order valence-electron chi connectivity index (χ2n) is 2.90. The van der Waals surface area contributed by atoms with Crippen LogP contribution in [-0.2, 0) is 9.05 Å². The Bertz CT molecular complexity index is 512. The number of nitrogens with two attached hydrogens (primary N) is 1. The van der Waals surface area contributed by atoms with Crippen molar-refractivity contribution in [3.63, 3.8) is 0 Å². The molecule has 2 N–H and O–H groups in total. The number of carbonyl (C=O) groups is 1. The minimum atomic E-state index is -3.97. The minimum Gasteiger partial charge on any atom is -0.492 e. The first-order valence-corrected chi connectivity index (χ1v) is 6.68. The zero-order chi connectivity index (χ0) is 12.3. The highest BCUT2D eigenvalue weighted by molar-refractivity contribution is 8.13. The lowest BCUT2D eigenvalue weighted by molar-refractivity contribution is 0.1000. The highest BCUT2D eigenvalue weighted by Crippen LogP contribution is 2.27. The van der Waals surface area contributed by atoms with Gasteiger partial charge in [0.2, 0.25) is 5.91 Å². The topological polar surface area (TPSA) is 86.5 Å². The van der Waals surface area contributed by atoms with Crippen molar-refractivity contribution >= 4 is 25.6 Å². The monoisotopic (exact) mass is 263 g/mol. The molecule has 0 heterocycles. The number of ether oxygens (including phenoxy) is 1. The number of hydrogen-bond donors (Lipinski definition) is 1. The summed E-state index contributed by atoms with van der Waals surface area (Å²) in [4.78, 5) is 10.6. The van der Waals surface area contributed by atoms with Crippen molar-refractivity contribution in [2.45, 2.75) is 11.8 Å². The molecule has 88 valence electrons. The van der Waals surface area contributed by atoms with Gasteiger partial charge in [0.25, 0.3) is 9.05 Å². The van der Waals surface area contributed by atoms with Crippen LogP contribution in [0.5, 0.6) is 5.75 Å². The molecule has 0 spiro atoms. The molecule has 0 saturated heterocycles. The second kappa shape index (κ2) is 4.71. The van der Waals surface area contributed by atoms with Crippen LogP contribution in [0.25, 0.3) is 0 Å². The highest BCUT2D eigenvalue weighted by Gasteiger charge is 2.18. The Morgan fingerprint density at radius 1 is 1.50 bits per heavy atom. The molecule has 16 heavy (non-hydrogen) atoms. The molecule has 0 radical (unpaired) electrons. The molecular weight excluding hydrogens is 254 g/mol. The van der Waals surface area contributed by atoms with E-state index in [4.69, 9.17) is 21.2 Å². The molecule has 5 nitrogen and oxygen atoms in total. The SMILES string of the molecule is CCOc1ccc(C(N)=O)cc1S(=O)(=O)Cl. The van der Waals surface area contributed by atoms with Crippen LogP contribution in [-0.4, -0.2) is 20.9 Å². The van der Waals surface area contributed by atoms with Gasteiger partial charge in [-0.25, -0.2) is 8.42 Å². The fourth-order valence-electron chi connectivity index (χ4n) is 1.13. The van der Waals surface area contributed by atoms with E-state index in [-0.39, 0.29) is 22.8 Å². The number of rotatable bonds is 4. The van der Waals surface area contributed by atoms with Crippen molar-refractivity contribution in [2.75, 3.05) is 6.61 Å². The Balaban J connectivity index is 3.39. The molecule has 0 atom stereocenters. The van der Waals surface area contributed by atoms with Crippen LogP contribution in [0.1, 0.15) is 17.3 Å². The minimum absolute atomic E-state index is 0.0580. The van der Waals surface area contributed by atoms with E-state index in [2.05, 4.69) is 0 Å². The van der Waals surface area contributed by atoms with Gasteiger partial charge < -0.3 is 10.5 Å². The second-order valence-corrected chi connectivity index (χ2v) is 5.43. The van der Waals surface area contributed by atoms with Crippen LogP contribution < -0.4 is 10.5 Å². The molecule has 1 aromatic rings. The molecular formula is C9H10ClNO4S. The lowest BCUT2D eigenvalue weighted by Crippen LogP contribution is -2.12. The van der Waals surface area contributed by atoms with Crippen molar-refractivity contribution < 1.29 is 17.9 Å². The van der Waals surface area contributed by atoms with Gasteiger partial charge in [0.05, 0.1) is 6.61 Å². The van der Waals surface area contributed by atoms with Crippen LogP contribution in [0.15, 0.2) is 23.1 Å². The van der Waals surface area contributed by atoms with E-state index < -0.39 is 15.0 Å². The zero-order valence-corrected chi connectivity index (χ0v) is 10.0. The van der Waals surface area contributed by atoms with Gasteiger partial charge in [-0.1, -0.05) is 0 Å². The number of hydrogen-bond acceptors (Lipinski definition) is 4. The van der Waals surface area contributed by atoms with Crippen LogP contribution >= 0.6 is 10.7 Å². The first kappa shape index (κ1) is 12.8. The van der Waals surface area contributed by atoms with E-state index >= 15 is 0 Å². The molecule has 1 amide bonds. The largest absolute Gasteiger partial charge is 0.492 e. The van der Waals surface area contributed by atoms with E-state index in [1.807, 2.05) is 0 Å². The van der Waals surface area contributed by atoms with E-state index in [0.29, 0.717) is 0 Å². The summed E-state index contributed by atoms with van der Waals surface area (Å²) in [7, 11) is 1.24. The Morgan fingerprint density at radius 3 is 2.56 bits per heavy atom. The standard InChI is InChI=1S/C9H10ClNO4S/c1-2-15-7-4-3-6(9(11)12)5-8(7)16(10,13)14/h3-5H,2H2,1H3,(H2,11,12). The fraction of sp³-hybridized carbons (Fsp3) is 0.222. The Morgan fingerprint density at radius 2 is 2.12 bits per heavy atom. The van der Waals surface area contributed by atoms with Gasteiger partial charge in [0.15, 0.2) is 0 Å². The van der Waals surface area contributed by atoms with Gasteiger partial charge >= 0.3 is 0 Å². The van der Waals surface area contributed by atoms with Crippen LogP contribution in [0.3, 0.4) is 0 Å². The van der Waals surface area contributed by atoms with Gasteiger partial charge in [-0.2, -0.15) is 0 Å². The molecule has 0 unspecified atom stereocenters. The summed E-state index contributed by atoms with van der Waals surface area (Å²) in [6.07, 6.45) is 0. The quantitative estimate of drug-likeness (QED) is 0.825. The third kappa shape index (κ3) is 2.86. The van der Waals surface area contributed by atoms with Gasteiger partial charge in [-0.3, -0.25) is 4.79 Å². The first-order valence-electron chi connectivity index (χ1n) is 4.37. The molecule has 0 aliphatic heterocycles. The number of amides is 1. The van der Waals surface area contributed by atoms with Crippen molar-refractivity contribution in [2.24, 2.45) is 5.73 Å². The molecule has 0 aromatic heterocycles. The maximum absolute atomic E-state index is 11.2. The molecule has 1 rings (SSSR count). The van der Waals surface area contributed by atoms with Crippen LogP contribution in [0.2, 0.25) is 0 Å². The van der Waals surface area contributed by atoms with Crippen LogP contribution in [0, 0.1) is 0 Å². The lowest BCUT2D eigenvalue weighted by Gasteiger charge is -2.08. The predicted octanol–water partition coefficient (Wildman–Crippen LogP) is 1.11. The average Bonchev–Trinajstić information content (AvgIpc) is 2.16. The highest BCUT2D eigenvalue weighted by atomic mass is 35.7. The lowest BCUT2D eigenvalue weighted by atomic mass is 10.2.